The van der Waals surface area contributed by atoms with Crippen LogP contribution in [0.15, 0.2) is 24.3 Å². The van der Waals surface area contributed by atoms with Crippen molar-refractivity contribution in [2.45, 2.75) is 19.4 Å². The van der Waals surface area contributed by atoms with Gasteiger partial charge in [0.1, 0.15) is 11.8 Å². The van der Waals surface area contributed by atoms with E-state index in [1.807, 2.05) is 0 Å². The summed E-state index contributed by atoms with van der Waals surface area (Å²) >= 11 is 5.69. The average molecular weight is 285 g/mol. The number of benzene rings is 1. The van der Waals surface area contributed by atoms with E-state index < -0.39 is 18.0 Å². The van der Waals surface area contributed by atoms with Gasteiger partial charge in [-0.15, -0.1) is 0 Å². The number of aliphatic carboxylic acids is 1. The first-order valence-electron chi connectivity index (χ1n) is 5.44. The van der Waals surface area contributed by atoms with Crippen LogP contribution in [0.1, 0.15) is 13.3 Å². The van der Waals surface area contributed by atoms with Crippen LogP contribution in [0.2, 0.25) is 5.02 Å². The standard InChI is InChI=1S/C12H13ClN2O4/c1-7(16)6-10(11(17)18)15-12(19)14-9-4-2-8(13)3-5-9/h2-5,10H,6H2,1H3,(H,17,18)(H2,14,15,19). The van der Waals surface area contributed by atoms with Gasteiger partial charge < -0.3 is 15.7 Å². The number of amides is 2. The summed E-state index contributed by atoms with van der Waals surface area (Å²) < 4.78 is 0. The zero-order valence-corrected chi connectivity index (χ0v) is 10.9. The van der Waals surface area contributed by atoms with Crippen LogP contribution in [0.3, 0.4) is 0 Å². The summed E-state index contributed by atoms with van der Waals surface area (Å²) in [7, 11) is 0. The average Bonchev–Trinajstić information content (AvgIpc) is 2.30. The normalized spacial score (nSPS) is 11.5. The Morgan fingerprint density at radius 1 is 1.26 bits per heavy atom. The molecule has 0 saturated carbocycles. The Labute approximate surface area is 114 Å². The van der Waals surface area contributed by atoms with Crippen LogP contribution in [-0.2, 0) is 9.59 Å². The number of carbonyl (C=O) groups excluding carboxylic acids is 2. The monoisotopic (exact) mass is 284 g/mol. The molecule has 1 atom stereocenters. The van der Waals surface area contributed by atoms with Gasteiger partial charge in [0.25, 0.3) is 0 Å². The number of urea groups is 1. The van der Waals surface area contributed by atoms with Crippen LogP contribution < -0.4 is 10.6 Å². The van der Waals surface area contributed by atoms with Crippen molar-refractivity contribution in [3.63, 3.8) is 0 Å². The lowest BCUT2D eigenvalue weighted by Gasteiger charge is -2.13. The van der Waals surface area contributed by atoms with E-state index in [1.165, 1.54) is 6.92 Å². The second-order valence-electron chi connectivity index (χ2n) is 3.90. The molecule has 0 aliphatic rings. The zero-order valence-electron chi connectivity index (χ0n) is 10.1. The number of carboxylic acid groups (broad SMARTS) is 1. The number of ketones is 1. The highest BCUT2D eigenvalue weighted by molar-refractivity contribution is 6.30. The lowest BCUT2D eigenvalue weighted by atomic mass is 10.1. The molecule has 0 spiro atoms. The number of nitrogens with one attached hydrogen (secondary N) is 2. The fourth-order valence-electron chi connectivity index (χ4n) is 1.35. The Balaban J connectivity index is 2.59. The fraction of sp³-hybridized carbons (Fsp3) is 0.250. The largest absolute Gasteiger partial charge is 0.480 e. The maximum Gasteiger partial charge on any atom is 0.326 e. The molecule has 0 aliphatic carbocycles. The summed E-state index contributed by atoms with van der Waals surface area (Å²) in [5.41, 5.74) is 0.467. The third kappa shape index (κ3) is 5.39. The maximum absolute atomic E-state index is 11.6. The molecule has 0 aliphatic heterocycles. The van der Waals surface area contributed by atoms with Crippen molar-refractivity contribution in [2.75, 3.05) is 5.32 Å². The Morgan fingerprint density at radius 3 is 2.32 bits per heavy atom. The van der Waals surface area contributed by atoms with Gasteiger partial charge in [-0.25, -0.2) is 9.59 Å². The molecule has 2 amide bonds. The van der Waals surface area contributed by atoms with Crippen molar-refractivity contribution in [2.24, 2.45) is 0 Å². The molecule has 1 unspecified atom stereocenters. The van der Waals surface area contributed by atoms with Crippen molar-refractivity contribution in [3.05, 3.63) is 29.3 Å². The smallest absolute Gasteiger partial charge is 0.326 e. The Kier molecular flexibility index (Phi) is 5.32. The van der Waals surface area contributed by atoms with Crippen molar-refractivity contribution in [3.8, 4) is 0 Å². The number of carbonyl (C=O) groups is 3. The molecule has 0 heterocycles. The second-order valence-corrected chi connectivity index (χ2v) is 4.34. The minimum atomic E-state index is -1.26. The first kappa shape index (κ1) is 15.0. The molecule has 1 rings (SSSR count). The first-order valence-corrected chi connectivity index (χ1v) is 5.81. The molecule has 6 nitrogen and oxygen atoms in total. The van der Waals surface area contributed by atoms with E-state index in [9.17, 15) is 14.4 Å². The topological polar surface area (TPSA) is 95.5 Å². The van der Waals surface area contributed by atoms with Gasteiger partial charge in [-0.1, -0.05) is 11.6 Å². The Bertz CT molecular complexity index is 487. The van der Waals surface area contributed by atoms with Gasteiger partial charge in [0, 0.05) is 17.1 Å². The number of anilines is 1. The van der Waals surface area contributed by atoms with Crippen LogP contribution in [0.5, 0.6) is 0 Å². The first-order chi connectivity index (χ1) is 8.88. The lowest BCUT2D eigenvalue weighted by Crippen LogP contribution is -2.44. The lowest BCUT2D eigenvalue weighted by molar-refractivity contribution is -0.140. The second kappa shape index (κ2) is 6.75. The summed E-state index contributed by atoms with van der Waals surface area (Å²) in [5, 5.41) is 14.0. The van der Waals surface area contributed by atoms with Gasteiger partial charge in [-0.3, -0.25) is 4.79 Å². The summed E-state index contributed by atoms with van der Waals surface area (Å²) in [6, 6.07) is 4.37. The molecular weight excluding hydrogens is 272 g/mol. The van der Waals surface area contributed by atoms with E-state index in [1.54, 1.807) is 24.3 Å². The molecule has 1 aromatic rings. The number of halogens is 1. The maximum atomic E-state index is 11.6. The summed E-state index contributed by atoms with van der Waals surface area (Å²) in [5.74, 6) is -1.58. The third-order valence-corrected chi connectivity index (χ3v) is 2.45. The van der Waals surface area contributed by atoms with E-state index in [0.29, 0.717) is 10.7 Å². The van der Waals surface area contributed by atoms with E-state index in [4.69, 9.17) is 16.7 Å². The summed E-state index contributed by atoms with van der Waals surface area (Å²) in [4.78, 5) is 33.3. The van der Waals surface area contributed by atoms with Crippen molar-refractivity contribution in [1.29, 1.82) is 0 Å². The molecule has 0 radical (unpaired) electrons. The molecule has 1 aromatic carbocycles. The van der Waals surface area contributed by atoms with Crippen LogP contribution in [-0.4, -0.2) is 28.9 Å². The van der Waals surface area contributed by atoms with Crippen molar-refractivity contribution in [1.82, 2.24) is 5.32 Å². The molecule has 102 valence electrons. The van der Waals surface area contributed by atoms with Crippen molar-refractivity contribution < 1.29 is 19.5 Å². The Morgan fingerprint density at radius 2 is 1.84 bits per heavy atom. The zero-order chi connectivity index (χ0) is 14.4. The van der Waals surface area contributed by atoms with E-state index in [2.05, 4.69) is 10.6 Å². The minimum absolute atomic E-state index is 0.261. The Hall–Kier alpha value is -2.08. The van der Waals surface area contributed by atoms with Gasteiger partial charge in [0.15, 0.2) is 0 Å². The predicted molar refractivity (Wildman–Crippen MR) is 70.3 cm³/mol. The fourth-order valence-corrected chi connectivity index (χ4v) is 1.47. The number of hydrogen-bond donors (Lipinski definition) is 3. The van der Waals surface area contributed by atoms with Gasteiger partial charge >= 0.3 is 12.0 Å². The SMILES string of the molecule is CC(=O)CC(NC(=O)Nc1ccc(Cl)cc1)C(=O)O. The molecule has 7 heteroatoms. The minimum Gasteiger partial charge on any atom is -0.480 e. The van der Waals surface area contributed by atoms with E-state index >= 15 is 0 Å². The van der Waals surface area contributed by atoms with Crippen LogP contribution in [0.25, 0.3) is 0 Å². The van der Waals surface area contributed by atoms with Crippen LogP contribution >= 0.6 is 11.6 Å². The van der Waals surface area contributed by atoms with Gasteiger partial charge in [0.05, 0.1) is 0 Å². The van der Waals surface area contributed by atoms with Crippen LogP contribution in [0, 0.1) is 0 Å². The highest BCUT2D eigenvalue weighted by Gasteiger charge is 2.21. The van der Waals surface area contributed by atoms with Gasteiger partial charge in [0.2, 0.25) is 0 Å². The molecule has 0 aromatic heterocycles. The highest BCUT2D eigenvalue weighted by Crippen LogP contribution is 2.13. The van der Waals surface area contributed by atoms with Gasteiger partial charge in [-0.2, -0.15) is 0 Å². The molecule has 19 heavy (non-hydrogen) atoms. The molecular formula is C12H13ClN2O4. The summed E-state index contributed by atoms with van der Waals surface area (Å²) in [6.45, 7) is 1.26. The van der Waals surface area contributed by atoms with E-state index in [-0.39, 0.29) is 12.2 Å². The molecule has 0 fully saturated rings. The van der Waals surface area contributed by atoms with E-state index in [0.717, 1.165) is 0 Å². The predicted octanol–water partition coefficient (Wildman–Crippen LogP) is 1.89. The molecule has 3 N–H and O–H groups in total. The summed E-state index contributed by atoms with van der Waals surface area (Å²) in [6.07, 6.45) is -0.261. The third-order valence-electron chi connectivity index (χ3n) is 2.20. The highest BCUT2D eigenvalue weighted by atomic mass is 35.5. The van der Waals surface area contributed by atoms with Gasteiger partial charge in [-0.05, 0) is 31.2 Å². The quantitative estimate of drug-likeness (QED) is 0.769. The molecule has 0 saturated heterocycles. The van der Waals surface area contributed by atoms with Crippen LogP contribution in [0.4, 0.5) is 10.5 Å². The number of Topliss-reactive ketones (excluding diaryl/α,β-unsaturated/α-hetero) is 1. The number of rotatable bonds is 5. The number of carboxylic acids is 1. The molecule has 0 bridgehead atoms. The number of hydrogen-bond acceptors (Lipinski definition) is 3. The van der Waals surface area contributed by atoms with Crippen molar-refractivity contribution >= 4 is 35.1 Å².